The van der Waals surface area contributed by atoms with E-state index in [0.29, 0.717) is 22.3 Å². The molecule has 1 amide bonds. The van der Waals surface area contributed by atoms with Crippen LogP contribution in [-0.2, 0) is 11.3 Å². The molecule has 12 heteroatoms. The highest BCUT2D eigenvalue weighted by Crippen LogP contribution is 2.40. The molecule has 1 aromatic carbocycles. The summed E-state index contributed by atoms with van der Waals surface area (Å²) in [5, 5.41) is 24.9. The van der Waals surface area contributed by atoms with Gasteiger partial charge in [-0.05, 0) is 49.6 Å². The Morgan fingerprint density at radius 3 is 2.73 bits per heavy atom. The van der Waals surface area contributed by atoms with Gasteiger partial charge < -0.3 is 10.2 Å². The lowest BCUT2D eigenvalue weighted by molar-refractivity contribution is -0.119. The van der Waals surface area contributed by atoms with Crippen molar-refractivity contribution in [1.82, 2.24) is 30.2 Å². The van der Waals surface area contributed by atoms with E-state index < -0.39 is 0 Å². The fourth-order valence-electron chi connectivity index (χ4n) is 6.38. The van der Waals surface area contributed by atoms with E-state index in [0.717, 1.165) is 69.6 Å². The number of hydrogen-bond acceptors (Lipinski definition) is 11. The Kier molecular flexibility index (Phi) is 8.71. The van der Waals surface area contributed by atoms with Crippen LogP contribution in [0.3, 0.4) is 0 Å². The molecule has 10 nitrogen and oxygen atoms in total. The molecule has 3 saturated heterocycles. The van der Waals surface area contributed by atoms with Gasteiger partial charge in [0.15, 0.2) is 5.82 Å². The molecule has 0 unspecified atom stereocenters. The normalized spacial score (nSPS) is 20.9. The summed E-state index contributed by atoms with van der Waals surface area (Å²) in [5.74, 6) is 0.873. The Morgan fingerprint density at radius 1 is 1.07 bits per heavy atom. The molecule has 0 bridgehead atoms. The summed E-state index contributed by atoms with van der Waals surface area (Å²) in [6.07, 6.45) is 5.05. The van der Waals surface area contributed by atoms with Crippen molar-refractivity contribution in [2.24, 2.45) is 5.41 Å². The molecule has 2 N–H and O–H groups in total. The second-order valence-corrected chi connectivity index (χ2v) is 14.4. The maximum absolute atomic E-state index is 12.9. The van der Waals surface area contributed by atoms with Crippen molar-refractivity contribution in [3.8, 4) is 0 Å². The zero-order valence-corrected chi connectivity index (χ0v) is 25.5. The third-order valence-electron chi connectivity index (χ3n) is 8.02. The number of hydrogen-bond donors (Lipinski definition) is 2. The fourth-order valence-corrected chi connectivity index (χ4v) is 8.06. The Morgan fingerprint density at radius 2 is 1.90 bits per heavy atom. The minimum absolute atomic E-state index is 0.0183. The van der Waals surface area contributed by atoms with E-state index >= 15 is 0 Å². The van der Waals surface area contributed by atoms with Gasteiger partial charge in [0, 0.05) is 67.1 Å². The number of benzene rings is 1. The lowest BCUT2D eigenvalue weighted by atomic mass is 9.73. The number of carbonyl (C=O) groups excluding carboxylic acids is 1. The van der Waals surface area contributed by atoms with Crippen molar-refractivity contribution < 1.29 is 4.79 Å². The topological polar surface area (TPSA) is 102 Å². The number of rotatable bonds is 10. The molecule has 0 saturated carbocycles. The second kappa shape index (κ2) is 12.6. The van der Waals surface area contributed by atoms with Gasteiger partial charge in [0.2, 0.25) is 16.2 Å². The predicted molar refractivity (Wildman–Crippen MR) is 166 cm³/mol. The third-order valence-corrected chi connectivity index (χ3v) is 9.92. The lowest BCUT2D eigenvalue weighted by Crippen LogP contribution is -2.62. The summed E-state index contributed by atoms with van der Waals surface area (Å²) in [5.41, 5.74) is 1.73. The number of anilines is 3. The van der Waals surface area contributed by atoms with Crippen LogP contribution >= 0.6 is 23.1 Å². The summed E-state index contributed by atoms with van der Waals surface area (Å²) in [7, 11) is 0. The Balaban J connectivity index is 0.948. The molecule has 3 aromatic rings. The quantitative estimate of drug-likeness (QED) is 0.335. The molecule has 6 rings (SSSR count). The summed E-state index contributed by atoms with van der Waals surface area (Å²) < 4.78 is 0. The van der Waals surface area contributed by atoms with Gasteiger partial charge >= 0.3 is 0 Å². The Bertz CT molecular complexity index is 1310. The first-order chi connectivity index (χ1) is 19.9. The SMILES string of the molecule is CC(C)Sc1ccccc1CN1CC2(CCCN(CC(=O)Nc3nnc(N[C@@H]4CCN(c5cccnn5)C4)s3)C2)C1. The van der Waals surface area contributed by atoms with Crippen LogP contribution in [0, 0.1) is 5.41 Å². The Hall–Kier alpha value is -2.80. The number of amides is 1. The summed E-state index contributed by atoms with van der Waals surface area (Å²) in [6.45, 7) is 11.8. The summed E-state index contributed by atoms with van der Waals surface area (Å²) in [6, 6.07) is 12.9. The first kappa shape index (κ1) is 28.3. The van der Waals surface area contributed by atoms with E-state index in [4.69, 9.17) is 0 Å². The maximum atomic E-state index is 12.9. The van der Waals surface area contributed by atoms with Gasteiger partial charge in [-0.25, -0.2) is 0 Å². The molecule has 1 spiro atoms. The van der Waals surface area contributed by atoms with Crippen LogP contribution < -0.4 is 15.5 Å². The number of aromatic nitrogens is 4. The van der Waals surface area contributed by atoms with Crippen LogP contribution in [-0.4, -0.2) is 93.2 Å². The van der Waals surface area contributed by atoms with Crippen molar-refractivity contribution in [3.63, 3.8) is 0 Å². The fraction of sp³-hybridized carbons (Fsp3) is 0.552. The first-order valence-corrected chi connectivity index (χ1v) is 16.2. The van der Waals surface area contributed by atoms with Crippen molar-refractivity contribution in [1.29, 1.82) is 0 Å². The van der Waals surface area contributed by atoms with Crippen LogP contribution in [0.15, 0.2) is 47.5 Å². The molecule has 0 radical (unpaired) electrons. The average Bonchev–Trinajstić information content (AvgIpc) is 3.59. The molecular weight excluding hydrogens is 555 g/mol. The van der Waals surface area contributed by atoms with Gasteiger partial charge in [-0.15, -0.1) is 27.1 Å². The summed E-state index contributed by atoms with van der Waals surface area (Å²) in [4.78, 5) is 21.4. The minimum Gasteiger partial charge on any atom is -0.355 e. The third kappa shape index (κ3) is 7.17. The lowest BCUT2D eigenvalue weighted by Gasteiger charge is -2.55. The molecule has 2 aromatic heterocycles. The number of piperidine rings is 1. The maximum Gasteiger partial charge on any atom is 0.240 e. The van der Waals surface area contributed by atoms with Crippen LogP contribution in [0.1, 0.15) is 38.7 Å². The number of nitrogens with zero attached hydrogens (tertiary/aromatic N) is 7. The molecule has 0 aliphatic carbocycles. The minimum atomic E-state index is -0.0183. The van der Waals surface area contributed by atoms with Crippen molar-refractivity contribution in [2.45, 2.75) is 55.8 Å². The number of carbonyl (C=O) groups is 1. The van der Waals surface area contributed by atoms with Crippen molar-refractivity contribution in [2.75, 3.05) is 61.3 Å². The smallest absolute Gasteiger partial charge is 0.240 e. The monoisotopic (exact) mass is 593 g/mol. The van der Waals surface area contributed by atoms with E-state index in [1.165, 1.54) is 28.2 Å². The molecule has 41 heavy (non-hydrogen) atoms. The van der Waals surface area contributed by atoms with Gasteiger partial charge in [0.05, 0.1) is 6.54 Å². The van der Waals surface area contributed by atoms with E-state index in [2.05, 4.69) is 83.8 Å². The second-order valence-electron chi connectivity index (χ2n) is 11.9. The molecule has 3 aliphatic heterocycles. The summed E-state index contributed by atoms with van der Waals surface area (Å²) >= 11 is 3.34. The Labute approximate surface area is 250 Å². The van der Waals surface area contributed by atoms with E-state index in [1.54, 1.807) is 6.20 Å². The number of thioether (sulfide) groups is 1. The standard InChI is InChI=1S/C29H39N9OS2/c1-21(2)40-24-8-4-3-7-22(24)15-37-19-29(20-37)11-6-13-36(18-29)17-26(39)32-28-35-34-27(41-28)31-23-10-14-38(16-23)25-9-5-12-30-33-25/h3-5,7-9,12,21,23H,6,10-11,13-20H2,1-2H3,(H,31,34)(H,32,35,39)/t23-/m1/s1. The zero-order valence-electron chi connectivity index (χ0n) is 23.8. The average molecular weight is 594 g/mol. The van der Waals surface area contributed by atoms with E-state index in [1.807, 2.05) is 23.9 Å². The van der Waals surface area contributed by atoms with Gasteiger partial charge in [-0.1, -0.05) is 43.4 Å². The van der Waals surface area contributed by atoms with Gasteiger partial charge in [-0.2, -0.15) is 5.10 Å². The molecule has 5 heterocycles. The van der Waals surface area contributed by atoms with Gasteiger partial charge in [0.1, 0.15) is 0 Å². The van der Waals surface area contributed by atoms with Crippen LogP contribution in [0.25, 0.3) is 0 Å². The van der Waals surface area contributed by atoms with Gasteiger partial charge in [0.25, 0.3) is 0 Å². The highest BCUT2D eigenvalue weighted by Gasteiger charge is 2.45. The number of likely N-dealkylation sites (tertiary alicyclic amines) is 2. The number of nitrogens with one attached hydrogen (secondary N) is 2. The highest BCUT2D eigenvalue weighted by molar-refractivity contribution is 8.00. The molecule has 3 aliphatic rings. The molecular formula is C29H39N9OS2. The van der Waals surface area contributed by atoms with Gasteiger partial charge in [-0.3, -0.25) is 19.9 Å². The predicted octanol–water partition coefficient (Wildman–Crippen LogP) is 4.06. The van der Waals surface area contributed by atoms with E-state index in [-0.39, 0.29) is 11.9 Å². The van der Waals surface area contributed by atoms with Crippen LogP contribution in [0.4, 0.5) is 16.1 Å². The van der Waals surface area contributed by atoms with Crippen LogP contribution in [0.2, 0.25) is 0 Å². The molecule has 3 fully saturated rings. The molecule has 1 atom stereocenters. The van der Waals surface area contributed by atoms with Crippen molar-refractivity contribution >= 4 is 45.1 Å². The van der Waals surface area contributed by atoms with E-state index in [9.17, 15) is 4.79 Å². The largest absolute Gasteiger partial charge is 0.355 e. The molecule has 218 valence electrons. The van der Waals surface area contributed by atoms with Crippen molar-refractivity contribution in [3.05, 3.63) is 48.2 Å². The first-order valence-electron chi connectivity index (χ1n) is 14.5. The van der Waals surface area contributed by atoms with Crippen LogP contribution in [0.5, 0.6) is 0 Å². The zero-order chi connectivity index (χ0) is 28.2. The highest BCUT2D eigenvalue weighted by atomic mass is 32.2.